The summed E-state index contributed by atoms with van der Waals surface area (Å²) in [5, 5.41) is 27.6. The minimum absolute atomic E-state index is 0.0143. The Bertz CT molecular complexity index is 1270. The van der Waals surface area contributed by atoms with Crippen LogP contribution in [0, 0.1) is 5.92 Å². The van der Waals surface area contributed by atoms with Crippen molar-refractivity contribution in [2.75, 3.05) is 17.6 Å². The molecule has 0 aliphatic carbocycles. The van der Waals surface area contributed by atoms with E-state index in [0.29, 0.717) is 29.6 Å². The lowest BCUT2D eigenvalue weighted by Gasteiger charge is -2.41. The van der Waals surface area contributed by atoms with Gasteiger partial charge in [0.1, 0.15) is 0 Å². The van der Waals surface area contributed by atoms with Crippen molar-refractivity contribution in [3.05, 3.63) is 65.2 Å². The number of aryl methyl sites for hydroxylation is 1. The molecular formula is C29H38N6O5S. The maximum atomic E-state index is 12.4. The Hall–Kier alpha value is -3.32. The van der Waals surface area contributed by atoms with Crippen molar-refractivity contribution in [1.82, 2.24) is 25.5 Å². The van der Waals surface area contributed by atoms with Gasteiger partial charge in [-0.25, -0.2) is 4.68 Å². The van der Waals surface area contributed by atoms with Gasteiger partial charge in [0.25, 0.3) is 0 Å². The lowest BCUT2D eigenvalue weighted by atomic mass is 9.91. The molecule has 3 N–H and O–H groups in total. The number of aliphatic hydroxyl groups is 1. The van der Waals surface area contributed by atoms with E-state index >= 15 is 0 Å². The van der Waals surface area contributed by atoms with Crippen LogP contribution in [0.15, 0.2) is 53.7 Å². The Morgan fingerprint density at radius 3 is 2.41 bits per heavy atom. The summed E-state index contributed by atoms with van der Waals surface area (Å²) in [4.78, 5) is 23.3. The van der Waals surface area contributed by atoms with Crippen LogP contribution in [-0.2, 0) is 32.7 Å². The Kier molecular flexibility index (Phi) is 11.3. The highest BCUT2D eigenvalue weighted by molar-refractivity contribution is 7.99. The SMILES string of the molecule is CC(=O)NCCCCCC(=O)Nc1ccc(C2OC(CSc3nnnn3C)C(C)C(c3ccc(CO)cc3)O2)cc1. The molecule has 1 saturated heterocycles. The van der Waals surface area contributed by atoms with Gasteiger partial charge >= 0.3 is 0 Å². The first-order chi connectivity index (χ1) is 19.8. The molecule has 220 valence electrons. The Morgan fingerprint density at radius 1 is 1.02 bits per heavy atom. The molecule has 4 unspecified atom stereocenters. The summed E-state index contributed by atoms with van der Waals surface area (Å²) in [6.45, 7) is 4.23. The van der Waals surface area contributed by atoms with Crippen LogP contribution in [0.1, 0.15) is 68.6 Å². The zero-order valence-corrected chi connectivity index (χ0v) is 24.5. The van der Waals surface area contributed by atoms with Gasteiger partial charge in [-0.3, -0.25) is 9.59 Å². The highest BCUT2D eigenvalue weighted by Crippen LogP contribution is 2.43. The van der Waals surface area contributed by atoms with Crippen LogP contribution in [-0.4, -0.2) is 55.5 Å². The molecule has 1 aliphatic heterocycles. The van der Waals surface area contributed by atoms with Crippen molar-refractivity contribution in [2.45, 2.75) is 69.8 Å². The van der Waals surface area contributed by atoms with Gasteiger partial charge in [-0.1, -0.05) is 61.5 Å². The van der Waals surface area contributed by atoms with Crippen LogP contribution in [0.25, 0.3) is 0 Å². The monoisotopic (exact) mass is 582 g/mol. The van der Waals surface area contributed by atoms with E-state index in [1.807, 2.05) is 48.5 Å². The molecule has 0 spiro atoms. The average Bonchev–Trinajstić information content (AvgIpc) is 3.39. The Morgan fingerprint density at radius 2 is 1.76 bits per heavy atom. The van der Waals surface area contributed by atoms with E-state index in [0.717, 1.165) is 36.0 Å². The lowest BCUT2D eigenvalue weighted by molar-refractivity contribution is -0.268. The highest BCUT2D eigenvalue weighted by atomic mass is 32.2. The molecular weight excluding hydrogens is 544 g/mol. The number of tetrazole rings is 1. The number of thioether (sulfide) groups is 1. The molecule has 1 fully saturated rings. The number of nitrogens with one attached hydrogen (secondary N) is 2. The van der Waals surface area contributed by atoms with Crippen LogP contribution in [0.3, 0.4) is 0 Å². The van der Waals surface area contributed by atoms with Gasteiger partial charge in [0.15, 0.2) is 6.29 Å². The standard InChI is InChI=1S/C29H38N6O5S/c1-19-25(18-41-29-32-33-34-35(29)3)39-28(40-27(19)22-10-8-21(17-36)9-11-22)23-12-14-24(15-13-23)31-26(38)7-5-4-6-16-30-20(2)37/h8-15,19,25,27-28,36H,4-7,16-18H2,1-3H3,(H,30,37)(H,31,38). The van der Waals surface area contributed by atoms with E-state index in [-0.39, 0.29) is 36.5 Å². The zero-order valence-electron chi connectivity index (χ0n) is 23.7. The number of carbonyl (C=O) groups excluding carboxylic acids is 2. The van der Waals surface area contributed by atoms with Gasteiger partial charge in [0.2, 0.25) is 17.0 Å². The first-order valence-corrected chi connectivity index (χ1v) is 14.8. The number of ether oxygens (including phenoxy) is 2. The second kappa shape index (κ2) is 15.1. The number of aliphatic hydroxyl groups excluding tert-OH is 1. The minimum atomic E-state index is -0.606. The van der Waals surface area contributed by atoms with Crippen LogP contribution in [0.2, 0.25) is 0 Å². The maximum Gasteiger partial charge on any atom is 0.224 e. The smallest absolute Gasteiger partial charge is 0.224 e. The number of benzene rings is 2. The topological polar surface area (TPSA) is 140 Å². The van der Waals surface area contributed by atoms with Gasteiger partial charge in [-0.15, -0.1) is 5.10 Å². The molecule has 1 aliphatic rings. The molecule has 11 nitrogen and oxygen atoms in total. The van der Waals surface area contributed by atoms with Crippen molar-refractivity contribution >= 4 is 29.3 Å². The number of rotatable bonds is 13. The lowest BCUT2D eigenvalue weighted by Crippen LogP contribution is -2.38. The predicted octanol–water partition coefficient (Wildman–Crippen LogP) is 3.92. The number of aromatic nitrogens is 4. The number of hydrogen-bond donors (Lipinski definition) is 3. The maximum absolute atomic E-state index is 12.4. The third kappa shape index (κ3) is 8.83. The summed E-state index contributed by atoms with van der Waals surface area (Å²) in [7, 11) is 1.81. The summed E-state index contributed by atoms with van der Waals surface area (Å²) < 4.78 is 14.6. The molecule has 12 heteroatoms. The zero-order chi connectivity index (χ0) is 29.2. The predicted molar refractivity (Wildman–Crippen MR) is 155 cm³/mol. The fraction of sp³-hybridized carbons (Fsp3) is 0.483. The molecule has 1 aromatic heterocycles. The normalized spacial score (nSPS) is 20.5. The van der Waals surface area contributed by atoms with E-state index in [1.165, 1.54) is 18.7 Å². The molecule has 0 radical (unpaired) electrons. The first-order valence-electron chi connectivity index (χ1n) is 13.8. The van der Waals surface area contributed by atoms with E-state index in [2.05, 4.69) is 33.1 Å². The molecule has 2 aromatic carbocycles. The van der Waals surface area contributed by atoms with Crippen molar-refractivity contribution in [1.29, 1.82) is 0 Å². The van der Waals surface area contributed by atoms with Crippen LogP contribution >= 0.6 is 11.8 Å². The Balaban J connectivity index is 1.39. The van der Waals surface area contributed by atoms with Gasteiger partial charge < -0.3 is 25.2 Å². The molecule has 4 rings (SSSR count). The van der Waals surface area contributed by atoms with Crippen molar-refractivity contribution in [3.63, 3.8) is 0 Å². The third-order valence-corrected chi connectivity index (χ3v) is 8.10. The number of hydrogen-bond acceptors (Lipinski definition) is 9. The van der Waals surface area contributed by atoms with Crippen LogP contribution in [0.4, 0.5) is 5.69 Å². The second-order valence-corrected chi connectivity index (χ2v) is 11.2. The van der Waals surface area contributed by atoms with Gasteiger partial charge in [-0.05, 0) is 46.5 Å². The number of nitrogens with zero attached hydrogens (tertiary/aromatic N) is 4. The summed E-state index contributed by atoms with van der Waals surface area (Å²) in [5.41, 5.74) is 3.41. The first kappa shape index (κ1) is 30.6. The third-order valence-electron chi connectivity index (χ3n) is 7.00. The second-order valence-electron chi connectivity index (χ2n) is 10.2. The summed E-state index contributed by atoms with van der Waals surface area (Å²) in [5.74, 6) is 0.597. The fourth-order valence-electron chi connectivity index (χ4n) is 4.61. The molecule has 2 heterocycles. The van der Waals surface area contributed by atoms with E-state index in [4.69, 9.17) is 9.47 Å². The quantitative estimate of drug-likeness (QED) is 0.202. The van der Waals surface area contributed by atoms with Crippen molar-refractivity contribution in [3.8, 4) is 0 Å². The highest BCUT2D eigenvalue weighted by Gasteiger charge is 2.38. The molecule has 4 atom stereocenters. The van der Waals surface area contributed by atoms with Gasteiger partial charge in [0.05, 0.1) is 18.8 Å². The number of amides is 2. The average molecular weight is 583 g/mol. The molecule has 0 bridgehead atoms. The number of unbranched alkanes of at least 4 members (excludes halogenated alkanes) is 2. The largest absolute Gasteiger partial charge is 0.392 e. The molecule has 3 aromatic rings. The van der Waals surface area contributed by atoms with Crippen molar-refractivity contribution < 1.29 is 24.2 Å². The molecule has 0 saturated carbocycles. The fourth-order valence-corrected chi connectivity index (χ4v) is 5.62. The van der Waals surface area contributed by atoms with E-state index in [1.54, 1.807) is 11.7 Å². The van der Waals surface area contributed by atoms with Gasteiger partial charge in [0, 0.05) is 49.9 Å². The van der Waals surface area contributed by atoms with Crippen molar-refractivity contribution in [2.24, 2.45) is 13.0 Å². The summed E-state index contributed by atoms with van der Waals surface area (Å²) >= 11 is 1.53. The summed E-state index contributed by atoms with van der Waals surface area (Å²) in [6.07, 6.45) is 1.92. The van der Waals surface area contributed by atoms with E-state index in [9.17, 15) is 14.7 Å². The molecule has 2 amide bonds. The van der Waals surface area contributed by atoms with E-state index < -0.39 is 6.29 Å². The van der Waals surface area contributed by atoms with Crippen LogP contribution in [0.5, 0.6) is 0 Å². The Labute approximate surface area is 244 Å². The minimum Gasteiger partial charge on any atom is -0.392 e. The number of carbonyl (C=O) groups is 2. The number of anilines is 1. The molecule has 41 heavy (non-hydrogen) atoms. The van der Waals surface area contributed by atoms with Gasteiger partial charge in [-0.2, -0.15) is 0 Å². The summed E-state index contributed by atoms with van der Waals surface area (Å²) in [6, 6.07) is 15.3. The van der Waals surface area contributed by atoms with Crippen LogP contribution < -0.4 is 10.6 Å².